The Bertz CT molecular complexity index is 501. The first-order valence-corrected chi connectivity index (χ1v) is 6.06. The molecule has 0 atom stereocenters. The summed E-state index contributed by atoms with van der Waals surface area (Å²) in [5, 5.41) is 0. The fourth-order valence-electron chi connectivity index (χ4n) is 2.68. The van der Waals surface area contributed by atoms with Crippen LogP contribution in [0.2, 0.25) is 0 Å². The molecule has 0 bridgehead atoms. The summed E-state index contributed by atoms with van der Waals surface area (Å²) in [6, 6.07) is 3.29. The van der Waals surface area contributed by atoms with Crippen LogP contribution in [0, 0.1) is 12.7 Å². The minimum absolute atomic E-state index is 0.295. The number of carbonyl (C=O) groups excluding carboxylic acids is 1. The fourth-order valence-corrected chi connectivity index (χ4v) is 2.68. The van der Waals surface area contributed by atoms with Gasteiger partial charge >= 0.3 is 0 Å². The molecule has 4 heteroatoms. The number of benzene rings is 1. The van der Waals surface area contributed by atoms with Crippen LogP contribution in [0.4, 0.5) is 4.39 Å². The first kappa shape index (κ1) is 12.8. The highest BCUT2D eigenvalue weighted by Crippen LogP contribution is 2.44. The van der Waals surface area contributed by atoms with Crippen LogP contribution in [0.1, 0.15) is 36.8 Å². The van der Waals surface area contributed by atoms with Gasteiger partial charge < -0.3 is 4.74 Å². The van der Waals surface area contributed by atoms with E-state index < -0.39 is 5.54 Å². The number of ether oxygens (including phenoxy) is 1. The molecule has 0 unspecified atom stereocenters. The summed E-state index contributed by atoms with van der Waals surface area (Å²) in [4.78, 5) is 14.5. The lowest BCUT2D eigenvalue weighted by atomic mass is 9.87. The van der Waals surface area contributed by atoms with Crippen LogP contribution in [0.3, 0.4) is 0 Å². The number of halogens is 1. The van der Waals surface area contributed by atoms with E-state index in [1.54, 1.807) is 32.2 Å². The normalized spacial score (nSPS) is 17.3. The molecular weight excluding hydrogens is 233 g/mol. The third kappa shape index (κ3) is 2.04. The maximum atomic E-state index is 14.3. The molecule has 0 aliphatic heterocycles. The zero-order valence-corrected chi connectivity index (χ0v) is 10.6. The molecule has 0 spiro atoms. The summed E-state index contributed by atoms with van der Waals surface area (Å²) in [7, 11) is 1.54. The van der Waals surface area contributed by atoms with E-state index in [9.17, 15) is 9.18 Å². The van der Waals surface area contributed by atoms with Crippen LogP contribution in [-0.2, 0) is 10.3 Å². The van der Waals surface area contributed by atoms with Crippen molar-refractivity contribution in [3.63, 3.8) is 0 Å². The van der Waals surface area contributed by atoms with Gasteiger partial charge in [-0.05, 0) is 37.5 Å². The summed E-state index contributed by atoms with van der Waals surface area (Å²) in [6.45, 7) is 1.69. The second kappa shape index (κ2) is 4.91. The Morgan fingerprint density at radius 1 is 1.39 bits per heavy atom. The standard InChI is InChI=1S/C14H16FNO2/c1-10-7-11(18-2)8-12(13(10)15)14(16-9-17)5-3-4-6-14/h7-8H,3-6H2,1-2H3. The third-order valence-electron chi connectivity index (χ3n) is 3.66. The highest BCUT2D eigenvalue weighted by Gasteiger charge is 2.38. The van der Waals surface area contributed by atoms with E-state index in [0.717, 1.165) is 12.8 Å². The minimum atomic E-state index is -0.745. The Morgan fingerprint density at radius 2 is 2.06 bits per heavy atom. The molecule has 0 radical (unpaired) electrons. The van der Waals surface area contributed by atoms with Crippen molar-refractivity contribution in [2.24, 2.45) is 4.99 Å². The first-order valence-electron chi connectivity index (χ1n) is 6.06. The number of hydrogen-bond donors (Lipinski definition) is 0. The van der Waals surface area contributed by atoms with E-state index in [1.807, 2.05) is 0 Å². The zero-order valence-electron chi connectivity index (χ0n) is 10.6. The van der Waals surface area contributed by atoms with Crippen LogP contribution in [-0.4, -0.2) is 13.2 Å². The predicted octanol–water partition coefficient (Wildman–Crippen LogP) is 3.25. The average Bonchev–Trinajstić information content (AvgIpc) is 2.82. The van der Waals surface area contributed by atoms with E-state index in [1.165, 1.54) is 0 Å². The molecule has 18 heavy (non-hydrogen) atoms. The SMILES string of the molecule is COc1cc(C)c(F)c(C2(N=C=O)CCCC2)c1. The maximum Gasteiger partial charge on any atom is 0.235 e. The van der Waals surface area contributed by atoms with Gasteiger partial charge in [0.1, 0.15) is 17.1 Å². The number of aliphatic imine (C=N–C) groups is 1. The van der Waals surface area contributed by atoms with E-state index in [2.05, 4.69) is 4.99 Å². The number of nitrogens with zero attached hydrogens (tertiary/aromatic N) is 1. The van der Waals surface area contributed by atoms with Gasteiger partial charge in [-0.3, -0.25) is 0 Å². The first-order chi connectivity index (χ1) is 8.63. The second-order valence-corrected chi connectivity index (χ2v) is 4.75. The topological polar surface area (TPSA) is 38.7 Å². The van der Waals surface area contributed by atoms with Gasteiger partial charge in [0.25, 0.3) is 0 Å². The van der Waals surface area contributed by atoms with Crippen LogP contribution in [0.25, 0.3) is 0 Å². The predicted molar refractivity (Wildman–Crippen MR) is 66.0 cm³/mol. The largest absolute Gasteiger partial charge is 0.497 e. The molecule has 0 N–H and O–H groups in total. The second-order valence-electron chi connectivity index (χ2n) is 4.75. The number of aryl methyl sites for hydroxylation is 1. The van der Waals surface area contributed by atoms with Gasteiger partial charge in [0.2, 0.25) is 6.08 Å². The zero-order chi connectivity index (χ0) is 13.2. The summed E-state index contributed by atoms with van der Waals surface area (Å²) in [5.41, 5.74) is 0.224. The molecule has 3 nitrogen and oxygen atoms in total. The summed E-state index contributed by atoms with van der Waals surface area (Å²) >= 11 is 0. The lowest BCUT2D eigenvalue weighted by Gasteiger charge is -2.24. The Hall–Kier alpha value is -1.67. The molecule has 1 aromatic rings. The maximum absolute atomic E-state index is 14.3. The van der Waals surface area contributed by atoms with E-state index in [0.29, 0.717) is 29.7 Å². The number of hydrogen-bond acceptors (Lipinski definition) is 3. The molecule has 1 saturated carbocycles. The molecule has 96 valence electrons. The summed E-state index contributed by atoms with van der Waals surface area (Å²) in [6.07, 6.45) is 4.86. The molecule has 1 aromatic carbocycles. The van der Waals surface area contributed by atoms with Crippen molar-refractivity contribution in [2.75, 3.05) is 7.11 Å². The van der Waals surface area contributed by atoms with Crippen LogP contribution in [0.15, 0.2) is 17.1 Å². The average molecular weight is 249 g/mol. The highest BCUT2D eigenvalue weighted by atomic mass is 19.1. The van der Waals surface area contributed by atoms with Gasteiger partial charge in [0.05, 0.1) is 7.11 Å². The van der Waals surface area contributed by atoms with Gasteiger partial charge in [-0.15, -0.1) is 0 Å². The van der Waals surface area contributed by atoms with Crippen LogP contribution >= 0.6 is 0 Å². The van der Waals surface area contributed by atoms with E-state index in [4.69, 9.17) is 4.74 Å². The molecular formula is C14H16FNO2. The van der Waals surface area contributed by atoms with Crippen molar-refractivity contribution < 1.29 is 13.9 Å². The van der Waals surface area contributed by atoms with Crippen molar-refractivity contribution in [2.45, 2.75) is 38.1 Å². The number of rotatable bonds is 3. The van der Waals surface area contributed by atoms with E-state index in [-0.39, 0.29) is 5.82 Å². The Kier molecular flexibility index (Phi) is 3.48. The molecule has 1 aliphatic rings. The quantitative estimate of drug-likeness (QED) is 0.609. The van der Waals surface area contributed by atoms with Gasteiger partial charge in [-0.1, -0.05) is 12.8 Å². The van der Waals surface area contributed by atoms with Gasteiger partial charge in [-0.2, -0.15) is 4.99 Å². The molecule has 0 aromatic heterocycles. The summed E-state index contributed by atoms with van der Waals surface area (Å²) < 4.78 is 19.5. The Balaban J connectivity index is 2.60. The molecule has 0 saturated heterocycles. The number of isocyanates is 1. The molecule has 0 heterocycles. The number of methoxy groups -OCH3 is 1. The van der Waals surface area contributed by atoms with Crippen molar-refractivity contribution >= 4 is 6.08 Å². The smallest absolute Gasteiger partial charge is 0.235 e. The van der Waals surface area contributed by atoms with Crippen molar-refractivity contribution in [3.8, 4) is 5.75 Å². The van der Waals surface area contributed by atoms with Gasteiger partial charge in [0, 0.05) is 5.56 Å². The minimum Gasteiger partial charge on any atom is -0.497 e. The van der Waals surface area contributed by atoms with Gasteiger partial charge in [-0.25, -0.2) is 9.18 Å². The third-order valence-corrected chi connectivity index (χ3v) is 3.66. The van der Waals surface area contributed by atoms with Crippen LogP contribution < -0.4 is 4.74 Å². The molecule has 1 aliphatic carbocycles. The monoisotopic (exact) mass is 249 g/mol. The summed E-state index contributed by atoms with van der Waals surface area (Å²) in [5.74, 6) is 0.299. The van der Waals surface area contributed by atoms with Crippen molar-refractivity contribution in [1.29, 1.82) is 0 Å². The lowest BCUT2D eigenvalue weighted by Crippen LogP contribution is -2.21. The van der Waals surface area contributed by atoms with Gasteiger partial charge in [0.15, 0.2) is 0 Å². The molecule has 0 amide bonds. The van der Waals surface area contributed by atoms with Crippen LogP contribution in [0.5, 0.6) is 5.75 Å². The van der Waals surface area contributed by atoms with Crippen molar-refractivity contribution in [1.82, 2.24) is 0 Å². The molecule has 2 rings (SSSR count). The van der Waals surface area contributed by atoms with E-state index >= 15 is 0 Å². The highest BCUT2D eigenvalue weighted by molar-refractivity contribution is 5.43. The Morgan fingerprint density at radius 3 is 2.61 bits per heavy atom. The van der Waals surface area contributed by atoms with Crippen molar-refractivity contribution in [3.05, 3.63) is 29.1 Å². The molecule has 1 fully saturated rings. The lowest BCUT2D eigenvalue weighted by molar-refractivity contribution is 0.398. The Labute approximate surface area is 106 Å². The fraction of sp³-hybridized carbons (Fsp3) is 0.500.